The summed E-state index contributed by atoms with van der Waals surface area (Å²) in [5.41, 5.74) is 12.8. The molecule has 11 rings (SSSR count). The SMILES string of the molecule is c1ccc(-c2nc(-c3ccccc3)nc(-c3ccc(-n4c5ccccc5c5ccc(-c6ccc7c8ncccc8n(-c8ccccc8)c7c6)cc54)cc3)n2)cc1. The number of hydrogen-bond donors (Lipinski definition) is 0. The second kappa shape index (κ2) is 13.0. The summed E-state index contributed by atoms with van der Waals surface area (Å²) in [5, 5.41) is 3.55. The molecule has 0 saturated heterocycles. The van der Waals surface area contributed by atoms with Crippen LogP contribution in [0.2, 0.25) is 0 Å². The van der Waals surface area contributed by atoms with E-state index in [-0.39, 0.29) is 0 Å². The van der Waals surface area contributed by atoms with Gasteiger partial charge in [-0.2, -0.15) is 0 Å². The number of hydrogen-bond acceptors (Lipinski definition) is 4. The van der Waals surface area contributed by atoms with Crippen LogP contribution >= 0.6 is 0 Å². The summed E-state index contributed by atoms with van der Waals surface area (Å²) in [6, 6.07) is 65.6. The zero-order valence-electron chi connectivity index (χ0n) is 30.2. The topological polar surface area (TPSA) is 61.4 Å². The van der Waals surface area contributed by atoms with Crippen molar-refractivity contribution in [1.29, 1.82) is 0 Å². The number of rotatable bonds is 6. The summed E-state index contributed by atoms with van der Waals surface area (Å²) in [5.74, 6) is 1.92. The molecule has 56 heavy (non-hydrogen) atoms. The normalized spacial score (nSPS) is 11.6. The molecule has 0 bridgehead atoms. The third kappa shape index (κ3) is 5.27. The molecule has 6 nitrogen and oxygen atoms in total. The highest BCUT2D eigenvalue weighted by atomic mass is 15.0. The summed E-state index contributed by atoms with van der Waals surface area (Å²) < 4.78 is 4.68. The highest BCUT2D eigenvalue weighted by molar-refractivity contribution is 6.11. The van der Waals surface area contributed by atoms with Crippen LogP contribution < -0.4 is 0 Å². The minimum absolute atomic E-state index is 0.632. The summed E-state index contributed by atoms with van der Waals surface area (Å²) in [6.45, 7) is 0. The van der Waals surface area contributed by atoms with Crippen molar-refractivity contribution < 1.29 is 0 Å². The second-order valence-electron chi connectivity index (χ2n) is 13.9. The lowest BCUT2D eigenvalue weighted by Crippen LogP contribution is -2.00. The van der Waals surface area contributed by atoms with E-state index >= 15 is 0 Å². The Morgan fingerprint density at radius 2 is 0.750 bits per heavy atom. The molecule has 4 heterocycles. The molecule has 0 saturated carbocycles. The Bertz CT molecular complexity index is 3160. The van der Waals surface area contributed by atoms with E-state index in [0.717, 1.165) is 72.2 Å². The molecule has 0 atom stereocenters. The fourth-order valence-corrected chi connectivity index (χ4v) is 7.99. The standard InChI is InChI=1S/C50H32N6/c1-4-13-33(14-5-1)48-52-49(34-15-6-2-7-16-34)54-50(53-48)35-22-26-39(27-23-35)55-43-20-11-10-19-40(43)41-28-24-36(31-45(41)55)37-25-29-42-46(32-37)56(38-17-8-3-9-18-38)44-21-12-30-51-47(42)44/h1-32H. The molecule has 7 aromatic carbocycles. The third-order valence-corrected chi connectivity index (χ3v) is 10.6. The molecular formula is C50H32N6. The van der Waals surface area contributed by atoms with E-state index in [9.17, 15) is 0 Å². The molecule has 0 aliphatic carbocycles. The maximum atomic E-state index is 4.96. The van der Waals surface area contributed by atoms with Crippen LogP contribution in [-0.2, 0) is 0 Å². The van der Waals surface area contributed by atoms with Gasteiger partial charge in [0.15, 0.2) is 17.5 Å². The minimum atomic E-state index is 0.632. The molecule has 4 aromatic heterocycles. The Morgan fingerprint density at radius 1 is 0.304 bits per heavy atom. The number of para-hydroxylation sites is 2. The first-order chi connectivity index (χ1) is 27.8. The minimum Gasteiger partial charge on any atom is -0.309 e. The van der Waals surface area contributed by atoms with Gasteiger partial charge >= 0.3 is 0 Å². The lowest BCUT2D eigenvalue weighted by molar-refractivity contribution is 1.07. The van der Waals surface area contributed by atoms with Crippen LogP contribution in [0, 0.1) is 0 Å². The summed E-state index contributed by atoms with van der Waals surface area (Å²) in [7, 11) is 0. The van der Waals surface area contributed by atoms with Crippen molar-refractivity contribution >= 4 is 43.7 Å². The van der Waals surface area contributed by atoms with E-state index in [1.807, 2.05) is 72.9 Å². The van der Waals surface area contributed by atoms with Crippen LogP contribution in [0.1, 0.15) is 0 Å². The number of pyridine rings is 1. The Labute approximate surface area is 322 Å². The Balaban J connectivity index is 1.04. The molecule has 0 radical (unpaired) electrons. The van der Waals surface area contributed by atoms with Crippen molar-refractivity contribution in [3.63, 3.8) is 0 Å². The van der Waals surface area contributed by atoms with Gasteiger partial charge in [0.25, 0.3) is 0 Å². The first-order valence-electron chi connectivity index (χ1n) is 18.7. The molecule has 0 unspecified atom stereocenters. The molecule has 0 N–H and O–H groups in total. The first-order valence-corrected chi connectivity index (χ1v) is 18.7. The average molecular weight is 717 g/mol. The van der Waals surface area contributed by atoms with Crippen LogP contribution in [0.4, 0.5) is 0 Å². The number of benzene rings is 7. The molecule has 0 spiro atoms. The van der Waals surface area contributed by atoms with Gasteiger partial charge in [0.05, 0.1) is 27.6 Å². The van der Waals surface area contributed by atoms with Crippen molar-refractivity contribution in [3.8, 4) is 56.7 Å². The van der Waals surface area contributed by atoms with E-state index < -0.39 is 0 Å². The lowest BCUT2D eigenvalue weighted by Gasteiger charge is -2.12. The molecule has 262 valence electrons. The molecule has 0 aliphatic rings. The van der Waals surface area contributed by atoms with Crippen molar-refractivity contribution in [3.05, 3.63) is 194 Å². The maximum Gasteiger partial charge on any atom is 0.164 e. The monoisotopic (exact) mass is 716 g/mol. The van der Waals surface area contributed by atoms with Gasteiger partial charge in [-0.25, -0.2) is 15.0 Å². The highest BCUT2D eigenvalue weighted by Crippen LogP contribution is 2.38. The van der Waals surface area contributed by atoms with Gasteiger partial charge in [0, 0.05) is 50.4 Å². The molecular weight excluding hydrogens is 685 g/mol. The summed E-state index contributed by atoms with van der Waals surface area (Å²) in [6.07, 6.45) is 1.87. The average Bonchev–Trinajstić information content (AvgIpc) is 3.79. The summed E-state index contributed by atoms with van der Waals surface area (Å²) >= 11 is 0. The lowest BCUT2D eigenvalue weighted by atomic mass is 10.0. The zero-order valence-corrected chi connectivity index (χ0v) is 30.2. The second-order valence-corrected chi connectivity index (χ2v) is 13.9. The van der Waals surface area contributed by atoms with Crippen LogP contribution in [0.15, 0.2) is 194 Å². The quantitative estimate of drug-likeness (QED) is 0.172. The maximum absolute atomic E-state index is 4.96. The van der Waals surface area contributed by atoms with Crippen molar-refractivity contribution in [2.24, 2.45) is 0 Å². The van der Waals surface area contributed by atoms with Crippen LogP contribution in [0.25, 0.3) is 100 Å². The molecule has 0 aliphatic heterocycles. The predicted octanol–water partition coefficient (Wildman–Crippen LogP) is 12.1. The van der Waals surface area contributed by atoms with Crippen molar-refractivity contribution in [2.45, 2.75) is 0 Å². The third-order valence-electron chi connectivity index (χ3n) is 10.6. The fraction of sp³-hybridized carbons (Fsp3) is 0. The van der Waals surface area contributed by atoms with Gasteiger partial charge in [-0.05, 0) is 83.9 Å². The smallest absolute Gasteiger partial charge is 0.164 e. The number of nitrogens with zero attached hydrogens (tertiary/aromatic N) is 6. The van der Waals surface area contributed by atoms with Gasteiger partial charge in [-0.3, -0.25) is 4.98 Å². The Hall–Kier alpha value is -7.70. The van der Waals surface area contributed by atoms with Gasteiger partial charge in [-0.1, -0.05) is 115 Å². The van der Waals surface area contributed by atoms with Crippen LogP contribution in [0.3, 0.4) is 0 Å². The fourth-order valence-electron chi connectivity index (χ4n) is 7.99. The first kappa shape index (κ1) is 31.8. The van der Waals surface area contributed by atoms with Crippen LogP contribution in [0.5, 0.6) is 0 Å². The van der Waals surface area contributed by atoms with Gasteiger partial charge in [0.1, 0.15) is 0 Å². The Morgan fingerprint density at radius 3 is 1.39 bits per heavy atom. The van der Waals surface area contributed by atoms with Gasteiger partial charge in [0.2, 0.25) is 0 Å². The zero-order chi connectivity index (χ0) is 37.0. The largest absolute Gasteiger partial charge is 0.309 e. The van der Waals surface area contributed by atoms with Gasteiger partial charge < -0.3 is 9.13 Å². The molecule has 11 aromatic rings. The van der Waals surface area contributed by atoms with E-state index in [1.54, 1.807) is 0 Å². The van der Waals surface area contributed by atoms with E-state index in [4.69, 9.17) is 19.9 Å². The van der Waals surface area contributed by atoms with Gasteiger partial charge in [-0.15, -0.1) is 0 Å². The predicted molar refractivity (Wildman–Crippen MR) is 228 cm³/mol. The molecule has 0 fully saturated rings. The van der Waals surface area contributed by atoms with Crippen LogP contribution in [-0.4, -0.2) is 29.1 Å². The number of aromatic nitrogens is 6. The molecule has 0 amide bonds. The van der Waals surface area contributed by atoms with E-state index in [0.29, 0.717) is 17.5 Å². The van der Waals surface area contributed by atoms with E-state index in [2.05, 4.69) is 130 Å². The van der Waals surface area contributed by atoms with E-state index in [1.165, 1.54) is 10.8 Å². The summed E-state index contributed by atoms with van der Waals surface area (Å²) in [4.78, 5) is 19.6. The Kier molecular flexibility index (Phi) is 7.38. The molecule has 6 heteroatoms. The number of fused-ring (bicyclic) bond motifs is 6. The van der Waals surface area contributed by atoms with Crippen molar-refractivity contribution in [1.82, 2.24) is 29.1 Å². The van der Waals surface area contributed by atoms with Crippen molar-refractivity contribution in [2.75, 3.05) is 0 Å². The highest BCUT2D eigenvalue weighted by Gasteiger charge is 2.18.